The van der Waals surface area contributed by atoms with Gasteiger partial charge in [-0.3, -0.25) is 29.0 Å². The molecule has 2 heterocycles. The normalized spacial score (nSPS) is 14.5. The van der Waals surface area contributed by atoms with Crippen molar-refractivity contribution in [1.29, 1.82) is 0 Å². The summed E-state index contributed by atoms with van der Waals surface area (Å²) in [6.45, 7) is 9.68. The third kappa shape index (κ3) is 5.29. The maximum Gasteiger partial charge on any atom is 0.261 e. The summed E-state index contributed by atoms with van der Waals surface area (Å²) in [5, 5.41) is 6.36. The van der Waals surface area contributed by atoms with E-state index < -0.39 is 0 Å². The molecule has 0 radical (unpaired) electrons. The van der Waals surface area contributed by atoms with Crippen molar-refractivity contribution in [3.63, 3.8) is 0 Å². The van der Waals surface area contributed by atoms with Gasteiger partial charge < -0.3 is 14.2 Å². The van der Waals surface area contributed by atoms with Crippen molar-refractivity contribution in [1.82, 2.24) is 9.80 Å². The van der Waals surface area contributed by atoms with Gasteiger partial charge in [0, 0.05) is 46.2 Å². The lowest BCUT2D eigenvalue weighted by Gasteiger charge is -2.34. The first-order valence-electron chi connectivity index (χ1n) is 16.7. The first-order valence-corrected chi connectivity index (χ1v) is 16.7. The quantitative estimate of drug-likeness (QED) is 0.0373. The second-order valence-electron chi connectivity index (χ2n) is 12.5. The Morgan fingerprint density at radius 1 is 0.571 bits per heavy atom. The van der Waals surface area contributed by atoms with E-state index in [0.717, 1.165) is 32.3 Å². The third-order valence-corrected chi connectivity index (χ3v) is 9.79. The monoisotopic (exact) mass is 658 g/mol. The van der Waals surface area contributed by atoms with Crippen LogP contribution >= 0.6 is 0 Å². The van der Waals surface area contributed by atoms with Gasteiger partial charge in [-0.1, -0.05) is 36.4 Å². The van der Waals surface area contributed by atoms with Crippen LogP contribution in [0.15, 0.2) is 73.8 Å². The van der Waals surface area contributed by atoms with Crippen LogP contribution < -0.4 is 0 Å². The Hall–Kier alpha value is -4.96. The van der Waals surface area contributed by atoms with Crippen LogP contribution in [0.2, 0.25) is 0 Å². The summed E-state index contributed by atoms with van der Waals surface area (Å²) in [6, 6.07) is 14.6. The summed E-state index contributed by atoms with van der Waals surface area (Å²) in [5.41, 5.74) is 1.91. The Morgan fingerprint density at radius 2 is 0.980 bits per heavy atom. The minimum Gasteiger partial charge on any atom is -0.382 e. The average Bonchev–Trinajstić information content (AvgIpc) is 3.12. The highest BCUT2D eigenvalue weighted by Crippen LogP contribution is 2.46. The molecule has 0 spiro atoms. The van der Waals surface area contributed by atoms with Gasteiger partial charge in [-0.15, -0.1) is 13.2 Å². The first-order chi connectivity index (χ1) is 23.9. The van der Waals surface area contributed by atoms with Crippen LogP contribution in [0.3, 0.4) is 0 Å². The molecule has 0 unspecified atom stereocenters. The molecule has 2 aliphatic heterocycles. The number of hydrogen-bond acceptors (Lipinski definition) is 7. The van der Waals surface area contributed by atoms with Crippen LogP contribution in [0.4, 0.5) is 0 Å². The van der Waals surface area contributed by atoms with Crippen LogP contribution in [0.5, 0.6) is 0 Å². The lowest BCUT2D eigenvalue weighted by molar-refractivity contribution is 0.0189. The van der Waals surface area contributed by atoms with Crippen LogP contribution in [0, 0.1) is 0 Å². The maximum atomic E-state index is 14.1. The van der Waals surface area contributed by atoms with Crippen LogP contribution in [-0.2, 0) is 14.2 Å². The molecule has 0 bridgehead atoms. The molecule has 0 fully saturated rings. The minimum absolute atomic E-state index is 0.120. The standard InChI is InChI=1S/C40H38N2O7/c1-4-6-8-24(9-7-5-2)42-39(45)31-16-12-27-25-10-14-29-35-30(38(44)41(37(29)43)18-19-48-22-23-49-21-20-47-3)15-11-26(33(25)35)28-13-17-32(40(42)46)36(31)34(27)28/h4-5,10-17,24H,1-2,6-9,18-23H2,3H3. The number of nitrogens with zero attached hydrogens (tertiary/aromatic N) is 2. The molecule has 9 nitrogen and oxygen atoms in total. The topological polar surface area (TPSA) is 102 Å². The maximum absolute atomic E-state index is 14.1. The molecule has 2 aliphatic rings. The molecule has 0 saturated heterocycles. The number of benzene rings is 5. The van der Waals surface area contributed by atoms with E-state index in [0.29, 0.717) is 85.1 Å². The van der Waals surface area contributed by atoms with E-state index in [1.165, 1.54) is 9.80 Å². The number of methoxy groups -OCH3 is 1. The Labute approximate surface area is 284 Å². The fourth-order valence-electron chi connectivity index (χ4n) is 7.51. The lowest BCUT2D eigenvalue weighted by atomic mass is 9.82. The van der Waals surface area contributed by atoms with E-state index in [-0.39, 0.29) is 42.8 Å². The highest BCUT2D eigenvalue weighted by molar-refractivity contribution is 6.41. The zero-order valence-corrected chi connectivity index (χ0v) is 27.6. The van der Waals surface area contributed by atoms with Gasteiger partial charge in [-0.2, -0.15) is 0 Å². The number of rotatable bonds is 16. The van der Waals surface area contributed by atoms with Crippen molar-refractivity contribution in [2.24, 2.45) is 0 Å². The molecular weight excluding hydrogens is 620 g/mol. The summed E-state index contributed by atoms with van der Waals surface area (Å²) >= 11 is 0. The number of ether oxygens (including phenoxy) is 3. The summed E-state index contributed by atoms with van der Waals surface area (Å²) in [5.74, 6) is -1.32. The molecule has 7 rings (SSSR count). The van der Waals surface area contributed by atoms with Crippen molar-refractivity contribution in [2.45, 2.75) is 31.7 Å². The van der Waals surface area contributed by atoms with E-state index in [4.69, 9.17) is 14.2 Å². The van der Waals surface area contributed by atoms with Crippen molar-refractivity contribution in [3.05, 3.63) is 96.1 Å². The van der Waals surface area contributed by atoms with Gasteiger partial charge in [0.2, 0.25) is 0 Å². The lowest BCUT2D eigenvalue weighted by Crippen LogP contribution is -2.47. The Kier molecular flexibility index (Phi) is 8.98. The van der Waals surface area contributed by atoms with E-state index in [1.807, 2.05) is 48.6 Å². The molecule has 0 aliphatic carbocycles. The van der Waals surface area contributed by atoms with Crippen LogP contribution in [-0.4, -0.2) is 86.2 Å². The molecule has 9 heteroatoms. The van der Waals surface area contributed by atoms with Crippen molar-refractivity contribution in [3.8, 4) is 0 Å². The van der Waals surface area contributed by atoms with Gasteiger partial charge in [0.1, 0.15) is 0 Å². The molecule has 49 heavy (non-hydrogen) atoms. The number of allylic oxidation sites excluding steroid dienone is 2. The fraction of sp³-hybridized carbons (Fsp3) is 0.300. The molecule has 0 N–H and O–H groups in total. The molecule has 0 aromatic heterocycles. The van der Waals surface area contributed by atoms with Crippen molar-refractivity contribution >= 4 is 66.7 Å². The number of imide groups is 2. The summed E-state index contributed by atoms with van der Waals surface area (Å²) in [4.78, 5) is 58.4. The summed E-state index contributed by atoms with van der Waals surface area (Å²) in [7, 11) is 1.61. The van der Waals surface area contributed by atoms with Gasteiger partial charge in [0.05, 0.1) is 39.6 Å². The molecular formula is C40H38N2O7. The molecule has 5 aromatic rings. The number of fused-ring (bicyclic) bond motifs is 2. The Balaban J connectivity index is 1.28. The predicted octanol–water partition coefficient (Wildman–Crippen LogP) is 6.91. The highest BCUT2D eigenvalue weighted by atomic mass is 16.5. The van der Waals surface area contributed by atoms with E-state index in [9.17, 15) is 19.2 Å². The second kappa shape index (κ2) is 13.5. The predicted molar refractivity (Wildman–Crippen MR) is 190 cm³/mol. The number of hydrogen-bond donors (Lipinski definition) is 0. The molecule has 4 amide bonds. The Bertz CT molecular complexity index is 2040. The summed E-state index contributed by atoms with van der Waals surface area (Å²) in [6.07, 6.45) is 6.26. The number of carbonyl (C=O) groups excluding carboxylic acids is 4. The van der Waals surface area contributed by atoms with Gasteiger partial charge in [-0.25, -0.2) is 0 Å². The Morgan fingerprint density at radius 3 is 1.41 bits per heavy atom. The molecule has 5 aromatic carbocycles. The smallest absolute Gasteiger partial charge is 0.261 e. The SMILES string of the molecule is C=CCCC(CCC=C)N1C(=O)c2ccc3c4ccc5c6c(ccc(c7ccc(c2c37)C1=O)c64)C(=O)N(CCOCCOCCOC)C5=O. The van der Waals surface area contributed by atoms with Gasteiger partial charge >= 0.3 is 0 Å². The molecule has 250 valence electrons. The number of carbonyl (C=O) groups is 4. The highest BCUT2D eigenvalue weighted by Gasteiger charge is 2.39. The van der Waals surface area contributed by atoms with E-state index >= 15 is 0 Å². The van der Waals surface area contributed by atoms with Gasteiger partial charge in [0.25, 0.3) is 23.6 Å². The van der Waals surface area contributed by atoms with Crippen LogP contribution in [0.25, 0.3) is 43.1 Å². The number of amides is 4. The zero-order valence-electron chi connectivity index (χ0n) is 27.6. The van der Waals surface area contributed by atoms with Crippen LogP contribution in [0.1, 0.15) is 67.1 Å². The largest absolute Gasteiger partial charge is 0.382 e. The van der Waals surface area contributed by atoms with Gasteiger partial charge in [0.15, 0.2) is 0 Å². The first kappa shape index (κ1) is 32.6. The van der Waals surface area contributed by atoms with Crippen molar-refractivity contribution in [2.75, 3.05) is 46.7 Å². The fourth-order valence-corrected chi connectivity index (χ4v) is 7.51. The minimum atomic E-state index is -0.365. The molecule has 0 saturated carbocycles. The third-order valence-electron chi connectivity index (χ3n) is 9.79. The summed E-state index contributed by atoms with van der Waals surface area (Å²) < 4.78 is 16.0. The zero-order chi connectivity index (χ0) is 34.2. The van der Waals surface area contributed by atoms with E-state index in [2.05, 4.69) is 13.2 Å². The van der Waals surface area contributed by atoms with Gasteiger partial charge in [-0.05, 0) is 82.3 Å². The van der Waals surface area contributed by atoms with Crippen molar-refractivity contribution < 1.29 is 33.4 Å². The molecule has 0 atom stereocenters. The second-order valence-corrected chi connectivity index (χ2v) is 12.5. The average molecular weight is 659 g/mol. The van der Waals surface area contributed by atoms with E-state index in [1.54, 1.807) is 19.2 Å².